The van der Waals surface area contributed by atoms with Gasteiger partial charge in [0.1, 0.15) is 0 Å². The first kappa shape index (κ1) is 15.3. The summed E-state index contributed by atoms with van der Waals surface area (Å²) in [4.78, 5) is 0.345. The number of anilines is 1. The Labute approximate surface area is 122 Å². The summed E-state index contributed by atoms with van der Waals surface area (Å²) in [5.74, 6) is 0. The minimum Gasteiger partial charge on any atom is -0.385 e. The van der Waals surface area contributed by atoms with Gasteiger partial charge in [-0.3, -0.25) is 0 Å². The molecule has 0 radical (unpaired) electrons. The largest absolute Gasteiger partial charge is 0.385 e. The van der Waals surface area contributed by atoms with E-state index in [4.69, 9.17) is 0 Å². The van der Waals surface area contributed by atoms with Crippen LogP contribution in [0.3, 0.4) is 0 Å². The third kappa shape index (κ3) is 3.52. The van der Waals surface area contributed by atoms with Crippen molar-refractivity contribution >= 4 is 15.7 Å². The van der Waals surface area contributed by atoms with Crippen molar-refractivity contribution in [2.75, 3.05) is 18.4 Å². The van der Waals surface area contributed by atoms with Crippen molar-refractivity contribution < 1.29 is 8.42 Å². The fraction of sp³-hybridized carbons (Fsp3) is 0.600. The van der Waals surface area contributed by atoms with E-state index in [2.05, 4.69) is 30.8 Å². The van der Waals surface area contributed by atoms with Gasteiger partial charge in [0, 0.05) is 18.8 Å². The number of benzene rings is 1. The van der Waals surface area contributed by atoms with Crippen LogP contribution in [0.25, 0.3) is 0 Å². The summed E-state index contributed by atoms with van der Waals surface area (Å²) in [6.45, 7) is 7.55. The SMILES string of the molecule is CCC(C)(C)CNS(=O)(=O)c1ccc2c(c1)NCCC2. The lowest BCUT2D eigenvalue weighted by atomic mass is 9.91. The van der Waals surface area contributed by atoms with Gasteiger partial charge < -0.3 is 5.32 Å². The number of hydrogen-bond donors (Lipinski definition) is 2. The van der Waals surface area contributed by atoms with Gasteiger partial charge in [0.15, 0.2) is 0 Å². The molecule has 4 nitrogen and oxygen atoms in total. The first-order chi connectivity index (χ1) is 9.34. The van der Waals surface area contributed by atoms with Crippen LogP contribution >= 0.6 is 0 Å². The smallest absolute Gasteiger partial charge is 0.240 e. The molecule has 1 aliphatic heterocycles. The lowest BCUT2D eigenvalue weighted by Crippen LogP contribution is -2.33. The maximum absolute atomic E-state index is 12.3. The fourth-order valence-corrected chi connectivity index (χ4v) is 3.37. The first-order valence-electron chi connectivity index (χ1n) is 7.20. The van der Waals surface area contributed by atoms with Crippen LogP contribution in [-0.2, 0) is 16.4 Å². The highest BCUT2D eigenvalue weighted by atomic mass is 32.2. The molecule has 0 saturated heterocycles. The quantitative estimate of drug-likeness (QED) is 0.878. The van der Waals surface area contributed by atoms with Crippen molar-refractivity contribution in [3.05, 3.63) is 23.8 Å². The second kappa shape index (κ2) is 5.74. The minimum absolute atomic E-state index is 0.0282. The number of nitrogens with one attached hydrogen (secondary N) is 2. The van der Waals surface area contributed by atoms with Crippen molar-refractivity contribution in [2.24, 2.45) is 5.41 Å². The van der Waals surface area contributed by atoms with Crippen molar-refractivity contribution in [3.8, 4) is 0 Å². The van der Waals surface area contributed by atoms with Crippen LogP contribution in [-0.4, -0.2) is 21.5 Å². The van der Waals surface area contributed by atoms with Gasteiger partial charge in [-0.2, -0.15) is 0 Å². The number of rotatable bonds is 5. The molecule has 0 aromatic heterocycles. The Balaban J connectivity index is 2.17. The lowest BCUT2D eigenvalue weighted by Gasteiger charge is -2.23. The highest BCUT2D eigenvalue weighted by Gasteiger charge is 2.22. The first-order valence-corrected chi connectivity index (χ1v) is 8.69. The Kier molecular flexibility index (Phi) is 4.39. The van der Waals surface area contributed by atoms with Crippen LogP contribution in [0.5, 0.6) is 0 Å². The summed E-state index contributed by atoms with van der Waals surface area (Å²) < 4.78 is 27.4. The average Bonchev–Trinajstić information content (AvgIpc) is 2.45. The van der Waals surface area contributed by atoms with E-state index in [0.29, 0.717) is 11.4 Å². The molecule has 0 unspecified atom stereocenters. The maximum atomic E-state index is 12.3. The molecular weight excluding hydrogens is 272 g/mol. The molecule has 0 amide bonds. The molecule has 0 bridgehead atoms. The minimum atomic E-state index is -3.43. The Morgan fingerprint density at radius 1 is 1.35 bits per heavy atom. The summed E-state index contributed by atoms with van der Waals surface area (Å²) >= 11 is 0. The Morgan fingerprint density at radius 2 is 2.10 bits per heavy atom. The Bertz CT molecular complexity index is 580. The van der Waals surface area contributed by atoms with Gasteiger partial charge in [0.2, 0.25) is 10.0 Å². The van der Waals surface area contributed by atoms with Crippen LogP contribution < -0.4 is 10.0 Å². The number of fused-ring (bicyclic) bond motifs is 1. The molecule has 0 saturated carbocycles. The van der Waals surface area contributed by atoms with Gasteiger partial charge in [0.25, 0.3) is 0 Å². The van der Waals surface area contributed by atoms with E-state index < -0.39 is 10.0 Å². The monoisotopic (exact) mass is 296 g/mol. The highest BCUT2D eigenvalue weighted by molar-refractivity contribution is 7.89. The van der Waals surface area contributed by atoms with Crippen LogP contribution in [0.15, 0.2) is 23.1 Å². The average molecular weight is 296 g/mol. The zero-order valence-electron chi connectivity index (χ0n) is 12.5. The summed E-state index contributed by atoms with van der Waals surface area (Å²) in [6, 6.07) is 5.36. The molecule has 1 aliphatic rings. The summed E-state index contributed by atoms with van der Waals surface area (Å²) in [7, 11) is -3.43. The topological polar surface area (TPSA) is 58.2 Å². The van der Waals surface area contributed by atoms with Crippen LogP contribution in [0, 0.1) is 5.41 Å². The second-order valence-corrected chi connectivity index (χ2v) is 7.96. The van der Waals surface area contributed by atoms with Gasteiger partial charge in [-0.1, -0.05) is 26.8 Å². The molecule has 2 N–H and O–H groups in total. The van der Waals surface area contributed by atoms with Crippen molar-refractivity contribution in [3.63, 3.8) is 0 Å². The molecule has 0 aliphatic carbocycles. The maximum Gasteiger partial charge on any atom is 0.240 e. The van der Waals surface area contributed by atoms with E-state index in [1.165, 1.54) is 5.56 Å². The van der Waals surface area contributed by atoms with Gasteiger partial charge in [0.05, 0.1) is 4.90 Å². The highest BCUT2D eigenvalue weighted by Crippen LogP contribution is 2.25. The van der Waals surface area contributed by atoms with E-state index in [1.807, 2.05) is 6.07 Å². The lowest BCUT2D eigenvalue weighted by molar-refractivity contribution is 0.350. The zero-order valence-corrected chi connectivity index (χ0v) is 13.3. The van der Waals surface area contributed by atoms with E-state index in [0.717, 1.165) is 31.5 Å². The Morgan fingerprint density at radius 3 is 2.80 bits per heavy atom. The van der Waals surface area contributed by atoms with Gasteiger partial charge in [-0.15, -0.1) is 0 Å². The van der Waals surface area contributed by atoms with Gasteiger partial charge >= 0.3 is 0 Å². The molecule has 0 spiro atoms. The molecule has 2 rings (SSSR count). The predicted octanol–water partition coefficient (Wildman–Crippen LogP) is 2.76. The van der Waals surface area contributed by atoms with Gasteiger partial charge in [-0.05, 0) is 42.4 Å². The molecule has 1 heterocycles. The van der Waals surface area contributed by atoms with Gasteiger partial charge in [-0.25, -0.2) is 13.1 Å². The zero-order chi connectivity index (χ0) is 14.8. The fourth-order valence-electron chi connectivity index (χ4n) is 2.11. The third-order valence-electron chi connectivity index (χ3n) is 4.03. The molecule has 0 fully saturated rings. The van der Waals surface area contributed by atoms with Crippen molar-refractivity contribution in [2.45, 2.75) is 44.9 Å². The molecule has 0 atom stereocenters. The molecular formula is C15H24N2O2S. The van der Waals surface area contributed by atoms with E-state index in [-0.39, 0.29) is 5.41 Å². The van der Waals surface area contributed by atoms with Crippen molar-refractivity contribution in [1.82, 2.24) is 4.72 Å². The molecule has 112 valence electrons. The van der Waals surface area contributed by atoms with Crippen molar-refractivity contribution in [1.29, 1.82) is 0 Å². The number of sulfonamides is 1. The predicted molar refractivity (Wildman–Crippen MR) is 82.5 cm³/mol. The van der Waals surface area contributed by atoms with E-state index in [9.17, 15) is 8.42 Å². The molecule has 5 heteroatoms. The standard InChI is InChI=1S/C15H24N2O2S/c1-4-15(2,3)11-17-20(18,19)13-8-7-12-6-5-9-16-14(12)10-13/h7-8,10,16-17H,4-6,9,11H2,1-3H3. The number of hydrogen-bond acceptors (Lipinski definition) is 3. The molecule has 1 aromatic rings. The van der Waals surface area contributed by atoms with Crippen LogP contribution in [0.2, 0.25) is 0 Å². The van der Waals surface area contributed by atoms with E-state index in [1.54, 1.807) is 12.1 Å². The summed E-state index contributed by atoms with van der Waals surface area (Å²) in [5.41, 5.74) is 2.12. The number of aryl methyl sites for hydroxylation is 1. The summed E-state index contributed by atoms with van der Waals surface area (Å²) in [6.07, 6.45) is 3.04. The summed E-state index contributed by atoms with van der Waals surface area (Å²) in [5, 5.41) is 3.27. The Hall–Kier alpha value is -1.07. The van der Waals surface area contributed by atoms with Crippen LogP contribution in [0.4, 0.5) is 5.69 Å². The van der Waals surface area contributed by atoms with E-state index >= 15 is 0 Å². The van der Waals surface area contributed by atoms with Crippen LogP contribution in [0.1, 0.15) is 39.2 Å². The molecule has 20 heavy (non-hydrogen) atoms. The molecule has 1 aromatic carbocycles. The normalized spacial score (nSPS) is 15.6. The third-order valence-corrected chi connectivity index (χ3v) is 5.43. The second-order valence-electron chi connectivity index (χ2n) is 6.19.